The highest BCUT2D eigenvalue weighted by Gasteiger charge is 2.24. The van der Waals surface area contributed by atoms with Gasteiger partial charge in [0.25, 0.3) is 0 Å². The number of hydrogen-bond donors (Lipinski definition) is 2. The molecule has 0 aliphatic carbocycles. The molecule has 0 radical (unpaired) electrons. The molecular weight excluding hydrogens is 380 g/mol. The second-order valence-corrected chi connectivity index (χ2v) is 7.82. The number of benzene rings is 1. The van der Waals surface area contributed by atoms with E-state index < -0.39 is 0 Å². The maximum atomic E-state index is 12.4. The first-order valence-corrected chi connectivity index (χ1v) is 10.4. The predicted molar refractivity (Wildman–Crippen MR) is 110 cm³/mol. The highest BCUT2D eigenvalue weighted by molar-refractivity contribution is 6.30. The lowest BCUT2D eigenvalue weighted by Crippen LogP contribution is -2.43. The van der Waals surface area contributed by atoms with Crippen molar-refractivity contribution >= 4 is 29.2 Å². The van der Waals surface area contributed by atoms with E-state index in [4.69, 9.17) is 16.3 Å². The SMILES string of the molecule is O=C(CC1CCN(C(=O)Nc2cccc(Cl)c2)CC1)NCCN1CCOCC1. The zero-order valence-corrected chi connectivity index (χ0v) is 16.9. The van der Waals surface area contributed by atoms with E-state index in [-0.39, 0.29) is 11.9 Å². The molecule has 154 valence electrons. The Morgan fingerprint density at radius 2 is 1.89 bits per heavy atom. The summed E-state index contributed by atoms with van der Waals surface area (Å²) in [6.45, 7) is 6.30. The fourth-order valence-corrected chi connectivity index (χ4v) is 3.81. The van der Waals surface area contributed by atoms with Crippen LogP contribution in [-0.2, 0) is 9.53 Å². The number of nitrogens with one attached hydrogen (secondary N) is 2. The summed E-state index contributed by atoms with van der Waals surface area (Å²) in [5.41, 5.74) is 0.694. The Morgan fingerprint density at radius 1 is 1.14 bits per heavy atom. The molecule has 8 heteroatoms. The number of nitrogens with zero attached hydrogens (tertiary/aromatic N) is 2. The van der Waals surface area contributed by atoms with Gasteiger partial charge in [-0.05, 0) is 37.0 Å². The van der Waals surface area contributed by atoms with Gasteiger partial charge in [0.15, 0.2) is 0 Å². The molecule has 2 saturated heterocycles. The Balaban J connectivity index is 1.32. The molecule has 1 aromatic carbocycles. The number of amides is 3. The van der Waals surface area contributed by atoms with Crippen LogP contribution in [0.15, 0.2) is 24.3 Å². The summed E-state index contributed by atoms with van der Waals surface area (Å²) in [5.74, 6) is 0.439. The normalized spacial score (nSPS) is 18.7. The van der Waals surface area contributed by atoms with Gasteiger partial charge in [0, 0.05) is 56.4 Å². The molecule has 3 amide bonds. The second kappa shape index (κ2) is 10.6. The monoisotopic (exact) mass is 408 g/mol. The van der Waals surface area contributed by atoms with Gasteiger partial charge in [-0.3, -0.25) is 9.69 Å². The Hall–Kier alpha value is -1.83. The van der Waals surface area contributed by atoms with Crippen LogP contribution in [0.2, 0.25) is 5.02 Å². The molecule has 0 atom stereocenters. The van der Waals surface area contributed by atoms with Crippen LogP contribution >= 0.6 is 11.6 Å². The summed E-state index contributed by atoms with van der Waals surface area (Å²) in [6, 6.07) is 7.01. The molecule has 2 aliphatic rings. The molecule has 0 spiro atoms. The van der Waals surface area contributed by atoms with Gasteiger partial charge in [-0.25, -0.2) is 4.79 Å². The molecule has 2 N–H and O–H groups in total. The number of halogens is 1. The molecule has 0 aromatic heterocycles. The standard InChI is InChI=1S/C20H29ClN4O3/c21-17-2-1-3-18(15-17)23-20(27)25-7-4-16(5-8-25)14-19(26)22-6-9-24-10-12-28-13-11-24/h1-3,15-16H,4-14H2,(H,22,26)(H,23,27). The number of piperidine rings is 1. The number of rotatable bonds is 6. The lowest BCUT2D eigenvalue weighted by molar-refractivity contribution is -0.122. The van der Waals surface area contributed by atoms with Crippen LogP contribution in [-0.4, -0.2) is 74.2 Å². The summed E-state index contributed by atoms with van der Waals surface area (Å²) in [5, 5.41) is 6.49. The minimum atomic E-state index is -0.115. The fourth-order valence-electron chi connectivity index (χ4n) is 3.62. The topological polar surface area (TPSA) is 73.9 Å². The zero-order valence-electron chi connectivity index (χ0n) is 16.2. The number of likely N-dealkylation sites (tertiary alicyclic amines) is 1. The molecule has 2 fully saturated rings. The molecule has 0 unspecified atom stereocenters. The van der Waals surface area contributed by atoms with Crippen molar-refractivity contribution in [1.29, 1.82) is 0 Å². The van der Waals surface area contributed by atoms with E-state index in [1.54, 1.807) is 17.0 Å². The number of carbonyl (C=O) groups excluding carboxylic acids is 2. The van der Waals surface area contributed by atoms with Gasteiger partial charge in [0.05, 0.1) is 13.2 Å². The molecule has 2 aliphatic heterocycles. The van der Waals surface area contributed by atoms with Crippen LogP contribution in [0.3, 0.4) is 0 Å². The smallest absolute Gasteiger partial charge is 0.321 e. The Morgan fingerprint density at radius 3 is 2.61 bits per heavy atom. The molecule has 0 saturated carbocycles. The lowest BCUT2D eigenvalue weighted by Gasteiger charge is -2.32. The highest BCUT2D eigenvalue weighted by Crippen LogP contribution is 2.22. The third-order valence-electron chi connectivity index (χ3n) is 5.31. The van der Waals surface area contributed by atoms with E-state index in [2.05, 4.69) is 15.5 Å². The quantitative estimate of drug-likeness (QED) is 0.758. The summed E-state index contributed by atoms with van der Waals surface area (Å²) < 4.78 is 5.32. The van der Waals surface area contributed by atoms with Crippen molar-refractivity contribution in [2.75, 3.05) is 57.8 Å². The molecule has 2 heterocycles. The summed E-state index contributed by atoms with van der Waals surface area (Å²) in [7, 11) is 0. The van der Waals surface area contributed by atoms with Crippen molar-refractivity contribution in [3.8, 4) is 0 Å². The van der Waals surface area contributed by atoms with Crippen molar-refractivity contribution in [2.24, 2.45) is 5.92 Å². The van der Waals surface area contributed by atoms with Crippen LogP contribution in [0, 0.1) is 5.92 Å². The third kappa shape index (κ3) is 6.65. The van der Waals surface area contributed by atoms with Crippen LogP contribution < -0.4 is 10.6 Å². The van der Waals surface area contributed by atoms with E-state index >= 15 is 0 Å². The van der Waals surface area contributed by atoms with E-state index in [9.17, 15) is 9.59 Å². The third-order valence-corrected chi connectivity index (χ3v) is 5.54. The number of morpholine rings is 1. The molecule has 1 aromatic rings. The number of urea groups is 1. The highest BCUT2D eigenvalue weighted by atomic mass is 35.5. The van der Waals surface area contributed by atoms with Gasteiger partial charge < -0.3 is 20.3 Å². The van der Waals surface area contributed by atoms with Gasteiger partial charge in [-0.15, -0.1) is 0 Å². The lowest BCUT2D eigenvalue weighted by atomic mass is 9.93. The van der Waals surface area contributed by atoms with E-state index in [0.29, 0.717) is 42.7 Å². The fraction of sp³-hybridized carbons (Fsp3) is 0.600. The van der Waals surface area contributed by atoms with E-state index in [1.165, 1.54) is 0 Å². The van der Waals surface area contributed by atoms with Gasteiger partial charge >= 0.3 is 6.03 Å². The van der Waals surface area contributed by atoms with Crippen molar-refractivity contribution in [2.45, 2.75) is 19.3 Å². The first-order valence-electron chi connectivity index (χ1n) is 9.98. The number of carbonyl (C=O) groups is 2. The maximum Gasteiger partial charge on any atom is 0.321 e. The van der Waals surface area contributed by atoms with Crippen molar-refractivity contribution in [3.05, 3.63) is 29.3 Å². The van der Waals surface area contributed by atoms with Crippen LogP contribution in [0.1, 0.15) is 19.3 Å². The van der Waals surface area contributed by atoms with Gasteiger partial charge in [-0.2, -0.15) is 0 Å². The van der Waals surface area contributed by atoms with Gasteiger partial charge in [0.2, 0.25) is 5.91 Å². The summed E-state index contributed by atoms with van der Waals surface area (Å²) in [6.07, 6.45) is 2.23. The molecular formula is C20H29ClN4O3. The molecule has 3 rings (SSSR count). The Bertz CT molecular complexity index is 659. The molecule has 0 bridgehead atoms. The molecule has 28 heavy (non-hydrogen) atoms. The van der Waals surface area contributed by atoms with Crippen LogP contribution in [0.5, 0.6) is 0 Å². The van der Waals surface area contributed by atoms with Crippen molar-refractivity contribution in [3.63, 3.8) is 0 Å². The average molecular weight is 409 g/mol. The largest absolute Gasteiger partial charge is 0.379 e. The zero-order chi connectivity index (χ0) is 19.8. The van der Waals surface area contributed by atoms with Gasteiger partial charge in [-0.1, -0.05) is 17.7 Å². The number of anilines is 1. The van der Waals surface area contributed by atoms with Crippen molar-refractivity contribution in [1.82, 2.24) is 15.1 Å². The molecule has 7 nitrogen and oxygen atoms in total. The summed E-state index contributed by atoms with van der Waals surface area (Å²) >= 11 is 5.95. The van der Waals surface area contributed by atoms with Crippen molar-refractivity contribution < 1.29 is 14.3 Å². The minimum absolute atomic E-state index is 0.107. The van der Waals surface area contributed by atoms with E-state index in [1.807, 2.05) is 12.1 Å². The average Bonchev–Trinajstić information content (AvgIpc) is 2.69. The predicted octanol–water partition coefficient (Wildman–Crippen LogP) is 2.42. The first kappa shape index (κ1) is 20.9. The maximum absolute atomic E-state index is 12.4. The number of hydrogen-bond acceptors (Lipinski definition) is 4. The summed E-state index contributed by atoms with van der Waals surface area (Å²) in [4.78, 5) is 28.7. The van der Waals surface area contributed by atoms with Crippen LogP contribution in [0.4, 0.5) is 10.5 Å². The van der Waals surface area contributed by atoms with Crippen LogP contribution in [0.25, 0.3) is 0 Å². The minimum Gasteiger partial charge on any atom is -0.379 e. The Labute approximate surface area is 171 Å². The van der Waals surface area contributed by atoms with E-state index in [0.717, 1.165) is 45.7 Å². The second-order valence-electron chi connectivity index (χ2n) is 7.38. The van der Waals surface area contributed by atoms with Gasteiger partial charge in [0.1, 0.15) is 0 Å². The number of ether oxygens (including phenoxy) is 1. The Kier molecular flexibility index (Phi) is 7.94. The first-order chi connectivity index (χ1) is 13.6.